The first-order chi connectivity index (χ1) is 13.2. The number of para-hydroxylation sites is 1. The van der Waals surface area contributed by atoms with Crippen LogP contribution in [0.2, 0.25) is 0 Å². The Hall–Kier alpha value is -1.98. The van der Waals surface area contributed by atoms with Crippen LogP contribution in [-0.4, -0.2) is 41.7 Å². The molecule has 0 aromatic heterocycles. The van der Waals surface area contributed by atoms with Crippen molar-refractivity contribution in [3.63, 3.8) is 0 Å². The van der Waals surface area contributed by atoms with Crippen molar-refractivity contribution in [2.45, 2.75) is 55.9 Å². The Balaban J connectivity index is 2.01. The van der Waals surface area contributed by atoms with Crippen molar-refractivity contribution in [2.24, 2.45) is 0 Å². The van der Waals surface area contributed by atoms with E-state index in [1.54, 1.807) is 11.8 Å². The molecule has 28 heavy (non-hydrogen) atoms. The van der Waals surface area contributed by atoms with Crippen molar-refractivity contribution in [1.29, 1.82) is 0 Å². The van der Waals surface area contributed by atoms with Gasteiger partial charge in [0.25, 0.3) is 0 Å². The molecule has 0 saturated carbocycles. The van der Waals surface area contributed by atoms with E-state index in [-0.39, 0.29) is 18.0 Å². The minimum Gasteiger partial charge on any atom is -0.491 e. The molecule has 0 fully saturated rings. The van der Waals surface area contributed by atoms with Crippen LogP contribution in [0, 0.1) is 0 Å². The van der Waals surface area contributed by atoms with E-state index in [4.69, 9.17) is 9.84 Å². The number of ether oxygens (including phenoxy) is 1. The molecule has 0 saturated heterocycles. The van der Waals surface area contributed by atoms with Crippen LogP contribution in [-0.2, 0) is 10.2 Å². The maximum atomic E-state index is 11.0. The van der Waals surface area contributed by atoms with Gasteiger partial charge in [-0.1, -0.05) is 56.8 Å². The summed E-state index contributed by atoms with van der Waals surface area (Å²) in [5, 5.41) is 9.04. The zero-order valence-corrected chi connectivity index (χ0v) is 18.3. The van der Waals surface area contributed by atoms with Gasteiger partial charge in [-0.05, 0) is 49.1 Å². The Labute approximate surface area is 172 Å². The summed E-state index contributed by atoms with van der Waals surface area (Å²) in [6, 6.07) is 16.8. The van der Waals surface area contributed by atoms with Gasteiger partial charge in [0.1, 0.15) is 12.4 Å². The van der Waals surface area contributed by atoms with Crippen molar-refractivity contribution in [2.75, 3.05) is 19.7 Å². The van der Waals surface area contributed by atoms with Gasteiger partial charge in [-0.15, -0.1) is 0 Å². The fourth-order valence-corrected chi connectivity index (χ4v) is 3.67. The van der Waals surface area contributed by atoms with Crippen LogP contribution in [0.4, 0.5) is 0 Å². The summed E-state index contributed by atoms with van der Waals surface area (Å²) >= 11 is 1.68. The van der Waals surface area contributed by atoms with E-state index in [0.29, 0.717) is 13.2 Å². The highest BCUT2D eigenvalue weighted by atomic mass is 32.2. The first-order valence-corrected chi connectivity index (χ1v) is 10.4. The third kappa shape index (κ3) is 6.88. The molecular weight excluding hydrogens is 370 g/mol. The van der Waals surface area contributed by atoms with Crippen LogP contribution in [0.15, 0.2) is 58.3 Å². The summed E-state index contributed by atoms with van der Waals surface area (Å²) in [7, 11) is 0. The van der Waals surface area contributed by atoms with Crippen LogP contribution in [0.25, 0.3) is 0 Å². The average molecular weight is 402 g/mol. The number of rotatable bonds is 9. The Morgan fingerprint density at radius 2 is 1.75 bits per heavy atom. The lowest BCUT2D eigenvalue weighted by Gasteiger charge is -2.24. The molecule has 0 heterocycles. The number of hydrogen-bond acceptors (Lipinski definition) is 4. The van der Waals surface area contributed by atoms with Crippen molar-refractivity contribution >= 4 is 17.7 Å². The number of benzene rings is 2. The number of nitrogens with zero attached hydrogens (tertiary/aromatic N) is 1. The van der Waals surface area contributed by atoms with Crippen molar-refractivity contribution in [3.05, 3.63) is 54.1 Å². The molecule has 5 heteroatoms. The Morgan fingerprint density at radius 1 is 1.11 bits per heavy atom. The molecule has 0 atom stereocenters. The summed E-state index contributed by atoms with van der Waals surface area (Å²) in [5.74, 6) is 0.00906. The maximum absolute atomic E-state index is 11.0. The van der Waals surface area contributed by atoms with Crippen LogP contribution < -0.4 is 4.74 Å². The third-order valence-corrected chi connectivity index (χ3v) is 5.57. The molecule has 1 N–H and O–H groups in total. The van der Waals surface area contributed by atoms with Gasteiger partial charge >= 0.3 is 5.97 Å². The second-order valence-corrected chi connectivity index (χ2v) is 9.24. The molecular formula is C23H31NO3S. The summed E-state index contributed by atoms with van der Waals surface area (Å²) in [5.41, 5.74) is 1.45. The van der Waals surface area contributed by atoms with Crippen LogP contribution in [0.3, 0.4) is 0 Å². The molecule has 2 rings (SSSR count). The standard InChI is InChI=1S/C23H31NO3S/c1-17(2)24(16-22(25)26)14-15-27-20-8-6-7-9-21(20)28-19-12-10-18(11-13-19)23(3,4)5/h6-13,17H,14-16H2,1-5H3,(H,25,26). The number of hydrogen-bond donors (Lipinski definition) is 1. The van der Waals surface area contributed by atoms with Crippen LogP contribution in [0.1, 0.15) is 40.2 Å². The lowest BCUT2D eigenvalue weighted by Crippen LogP contribution is -2.38. The topological polar surface area (TPSA) is 49.8 Å². The SMILES string of the molecule is CC(C)N(CCOc1ccccc1Sc1ccc(C(C)(C)C)cc1)CC(=O)O. The molecule has 0 spiro atoms. The largest absolute Gasteiger partial charge is 0.491 e. The van der Waals surface area contributed by atoms with E-state index < -0.39 is 5.97 Å². The molecule has 0 aliphatic rings. The van der Waals surface area contributed by atoms with Gasteiger partial charge in [-0.25, -0.2) is 0 Å². The molecule has 0 radical (unpaired) electrons. The summed E-state index contributed by atoms with van der Waals surface area (Å²) in [6.45, 7) is 11.7. The molecule has 0 unspecified atom stereocenters. The highest BCUT2D eigenvalue weighted by Gasteiger charge is 2.15. The second kappa shape index (κ2) is 9.99. The minimum atomic E-state index is -0.816. The molecule has 0 bridgehead atoms. The predicted octanol–water partition coefficient (Wildman–Crippen LogP) is 5.31. The zero-order chi connectivity index (χ0) is 20.7. The quantitative estimate of drug-likeness (QED) is 0.617. The Morgan fingerprint density at radius 3 is 2.32 bits per heavy atom. The average Bonchev–Trinajstić information content (AvgIpc) is 2.61. The smallest absolute Gasteiger partial charge is 0.317 e. The first kappa shape index (κ1) is 22.3. The van der Waals surface area contributed by atoms with E-state index in [1.807, 2.05) is 36.9 Å². The lowest BCUT2D eigenvalue weighted by atomic mass is 9.87. The molecule has 2 aromatic carbocycles. The van der Waals surface area contributed by atoms with Crippen LogP contribution in [0.5, 0.6) is 5.75 Å². The van der Waals surface area contributed by atoms with Gasteiger partial charge in [0.15, 0.2) is 0 Å². The van der Waals surface area contributed by atoms with E-state index in [2.05, 4.69) is 51.1 Å². The third-order valence-electron chi connectivity index (χ3n) is 4.50. The molecule has 0 amide bonds. The minimum absolute atomic E-state index is 0.0253. The predicted molar refractivity (Wildman–Crippen MR) is 116 cm³/mol. The fourth-order valence-electron chi connectivity index (χ4n) is 2.77. The van der Waals surface area contributed by atoms with Gasteiger partial charge in [0.05, 0.1) is 11.4 Å². The number of carboxylic acids is 1. The fraction of sp³-hybridized carbons (Fsp3) is 0.435. The number of aliphatic carboxylic acids is 1. The van der Waals surface area contributed by atoms with Crippen molar-refractivity contribution in [1.82, 2.24) is 4.90 Å². The van der Waals surface area contributed by atoms with Crippen molar-refractivity contribution in [3.8, 4) is 5.75 Å². The highest BCUT2D eigenvalue weighted by Crippen LogP contribution is 2.35. The van der Waals surface area contributed by atoms with Gasteiger partial charge in [0.2, 0.25) is 0 Å². The second-order valence-electron chi connectivity index (χ2n) is 8.13. The van der Waals surface area contributed by atoms with E-state index in [0.717, 1.165) is 10.6 Å². The van der Waals surface area contributed by atoms with E-state index in [1.165, 1.54) is 10.5 Å². The maximum Gasteiger partial charge on any atom is 0.317 e. The monoisotopic (exact) mass is 401 g/mol. The van der Waals surface area contributed by atoms with Gasteiger partial charge in [-0.3, -0.25) is 9.69 Å². The normalized spacial score (nSPS) is 11.8. The number of carboxylic acid groups (broad SMARTS) is 1. The zero-order valence-electron chi connectivity index (χ0n) is 17.4. The summed E-state index contributed by atoms with van der Waals surface area (Å²) < 4.78 is 5.99. The number of carbonyl (C=O) groups is 1. The van der Waals surface area contributed by atoms with Gasteiger partial charge in [0, 0.05) is 17.5 Å². The summed E-state index contributed by atoms with van der Waals surface area (Å²) in [6.07, 6.45) is 0. The van der Waals surface area contributed by atoms with E-state index in [9.17, 15) is 4.79 Å². The highest BCUT2D eigenvalue weighted by molar-refractivity contribution is 7.99. The van der Waals surface area contributed by atoms with Crippen molar-refractivity contribution < 1.29 is 14.6 Å². The summed E-state index contributed by atoms with van der Waals surface area (Å²) in [4.78, 5) is 15.1. The lowest BCUT2D eigenvalue weighted by molar-refractivity contribution is -0.138. The van der Waals surface area contributed by atoms with E-state index >= 15 is 0 Å². The van der Waals surface area contributed by atoms with Gasteiger partial charge < -0.3 is 9.84 Å². The first-order valence-electron chi connectivity index (χ1n) is 9.63. The Kier molecular flexibility index (Phi) is 7.96. The molecule has 0 aliphatic carbocycles. The van der Waals surface area contributed by atoms with Crippen LogP contribution >= 0.6 is 11.8 Å². The molecule has 4 nitrogen and oxygen atoms in total. The van der Waals surface area contributed by atoms with Gasteiger partial charge in [-0.2, -0.15) is 0 Å². The molecule has 152 valence electrons. The molecule has 2 aromatic rings. The molecule has 0 aliphatic heterocycles. The Bertz CT molecular complexity index is 766.